The van der Waals surface area contributed by atoms with Gasteiger partial charge < -0.3 is 24.6 Å². The molecule has 0 bridgehead atoms. The Hall–Kier alpha value is -2.77. The lowest BCUT2D eigenvalue weighted by Crippen LogP contribution is -2.34. The molecule has 2 aromatic heterocycles. The van der Waals surface area contributed by atoms with Crippen LogP contribution >= 0.6 is 0 Å². The van der Waals surface area contributed by atoms with E-state index in [0.29, 0.717) is 11.7 Å². The molecular weight excluding hydrogens is 278 g/mol. The third-order valence-electron chi connectivity index (χ3n) is 2.65. The zero-order valence-corrected chi connectivity index (χ0v) is 11.4. The molecule has 0 saturated carbocycles. The molecule has 0 unspecified atom stereocenters. The van der Waals surface area contributed by atoms with Crippen molar-refractivity contribution in [1.29, 1.82) is 0 Å². The van der Waals surface area contributed by atoms with Crippen LogP contribution in [0.25, 0.3) is 0 Å². The highest BCUT2D eigenvalue weighted by Gasteiger charge is 2.10. The SMILES string of the molecule is CCc1cnc(CNC(=O)NCc2ccc(C(=O)O)o2)o1. The molecule has 0 aromatic carbocycles. The normalized spacial score (nSPS) is 10.3. The van der Waals surface area contributed by atoms with Crippen molar-refractivity contribution in [2.24, 2.45) is 0 Å². The van der Waals surface area contributed by atoms with Crippen molar-refractivity contribution in [3.05, 3.63) is 41.5 Å². The van der Waals surface area contributed by atoms with Crippen LogP contribution < -0.4 is 10.6 Å². The lowest BCUT2D eigenvalue weighted by atomic mass is 10.4. The summed E-state index contributed by atoms with van der Waals surface area (Å²) in [5.74, 6) is 0.213. The van der Waals surface area contributed by atoms with Gasteiger partial charge in [-0.05, 0) is 12.1 Å². The number of nitrogens with zero attached hydrogens (tertiary/aromatic N) is 1. The number of furan rings is 1. The van der Waals surface area contributed by atoms with E-state index in [9.17, 15) is 9.59 Å². The predicted octanol–water partition coefficient (Wildman–Crippen LogP) is 1.53. The largest absolute Gasteiger partial charge is 0.475 e. The van der Waals surface area contributed by atoms with Gasteiger partial charge >= 0.3 is 12.0 Å². The second kappa shape index (κ2) is 6.60. The molecule has 0 atom stereocenters. The number of hydrogen-bond acceptors (Lipinski definition) is 5. The number of aryl methyl sites for hydroxylation is 1. The number of hydrogen-bond donors (Lipinski definition) is 3. The number of aromatic nitrogens is 1. The van der Waals surface area contributed by atoms with E-state index in [1.807, 2.05) is 6.92 Å². The van der Waals surface area contributed by atoms with E-state index in [0.717, 1.165) is 12.2 Å². The lowest BCUT2D eigenvalue weighted by Gasteiger charge is -2.04. The van der Waals surface area contributed by atoms with Crippen LogP contribution in [-0.4, -0.2) is 22.1 Å². The van der Waals surface area contributed by atoms with Crippen molar-refractivity contribution in [2.45, 2.75) is 26.4 Å². The minimum Gasteiger partial charge on any atom is -0.475 e. The molecule has 0 spiro atoms. The van der Waals surface area contributed by atoms with Crippen molar-refractivity contribution in [3.63, 3.8) is 0 Å². The minimum absolute atomic E-state index is 0.0882. The third kappa shape index (κ3) is 4.10. The van der Waals surface area contributed by atoms with Gasteiger partial charge in [0.1, 0.15) is 11.5 Å². The Kier molecular flexibility index (Phi) is 4.60. The zero-order valence-electron chi connectivity index (χ0n) is 11.4. The van der Waals surface area contributed by atoms with Gasteiger partial charge in [-0.1, -0.05) is 6.92 Å². The summed E-state index contributed by atoms with van der Waals surface area (Å²) in [6, 6.07) is 2.39. The molecule has 21 heavy (non-hydrogen) atoms. The van der Waals surface area contributed by atoms with Crippen LogP contribution in [0.5, 0.6) is 0 Å². The third-order valence-corrected chi connectivity index (χ3v) is 2.65. The Morgan fingerprint density at radius 1 is 1.19 bits per heavy atom. The maximum absolute atomic E-state index is 11.6. The Labute approximate surface area is 120 Å². The number of oxazole rings is 1. The molecule has 8 nitrogen and oxygen atoms in total. The predicted molar refractivity (Wildman–Crippen MR) is 70.6 cm³/mol. The smallest absolute Gasteiger partial charge is 0.371 e. The first-order valence-electron chi connectivity index (χ1n) is 6.35. The fraction of sp³-hybridized carbons (Fsp3) is 0.308. The molecule has 0 fully saturated rings. The van der Waals surface area contributed by atoms with E-state index in [4.69, 9.17) is 13.9 Å². The number of carboxylic acid groups (broad SMARTS) is 1. The first-order valence-corrected chi connectivity index (χ1v) is 6.35. The van der Waals surface area contributed by atoms with Crippen molar-refractivity contribution < 1.29 is 23.5 Å². The number of carboxylic acids is 1. The van der Waals surface area contributed by atoms with Crippen molar-refractivity contribution >= 4 is 12.0 Å². The average molecular weight is 293 g/mol. The zero-order chi connectivity index (χ0) is 15.2. The number of carbonyl (C=O) groups is 2. The van der Waals surface area contributed by atoms with E-state index < -0.39 is 12.0 Å². The van der Waals surface area contributed by atoms with Gasteiger partial charge in [0.25, 0.3) is 0 Å². The molecule has 0 aliphatic heterocycles. The molecule has 3 N–H and O–H groups in total. The highest BCUT2D eigenvalue weighted by molar-refractivity contribution is 5.84. The van der Waals surface area contributed by atoms with Crippen LogP contribution in [0.1, 0.15) is 34.9 Å². The van der Waals surface area contributed by atoms with Crippen LogP contribution in [0.4, 0.5) is 4.79 Å². The average Bonchev–Trinajstić information content (AvgIpc) is 3.11. The highest BCUT2D eigenvalue weighted by atomic mass is 16.4. The number of urea groups is 1. The summed E-state index contributed by atoms with van der Waals surface area (Å²) in [5.41, 5.74) is 0. The Morgan fingerprint density at radius 3 is 2.57 bits per heavy atom. The summed E-state index contributed by atoms with van der Waals surface area (Å²) in [6.45, 7) is 2.20. The van der Waals surface area contributed by atoms with Gasteiger partial charge in [-0.3, -0.25) is 0 Å². The molecular formula is C13H15N3O5. The topological polar surface area (TPSA) is 118 Å². The summed E-state index contributed by atoms with van der Waals surface area (Å²) in [6.07, 6.45) is 2.36. The molecule has 0 saturated heterocycles. The van der Waals surface area contributed by atoms with Crippen LogP contribution in [-0.2, 0) is 19.5 Å². The van der Waals surface area contributed by atoms with Gasteiger partial charge in [-0.15, -0.1) is 0 Å². The Bertz CT molecular complexity index is 631. The number of amides is 2. The van der Waals surface area contributed by atoms with Gasteiger partial charge in [-0.2, -0.15) is 0 Å². The summed E-state index contributed by atoms with van der Waals surface area (Å²) in [7, 11) is 0. The quantitative estimate of drug-likeness (QED) is 0.743. The molecule has 2 rings (SSSR count). The van der Waals surface area contributed by atoms with Crippen molar-refractivity contribution in [2.75, 3.05) is 0 Å². The summed E-state index contributed by atoms with van der Waals surface area (Å²) in [5, 5.41) is 13.8. The number of aromatic carboxylic acids is 1. The molecule has 112 valence electrons. The molecule has 0 aliphatic rings. The van der Waals surface area contributed by atoms with Crippen molar-refractivity contribution in [3.8, 4) is 0 Å². The standard InChI is InChI=1S/C13H15N3O5/c1-2-8-5-14-11(21-8)7-16-13(19)15-6-9-3-4-10(20-9)12(17)18/h3-5H,2,6-7H2,1H3,(H,17,18)(H2,15,16,19). The Morgan fingerprint density at radius 2 is 1.95 bits per heavy atom. The monoisotopic (exact) mass is 293 g/mol. The van der Waals surface area contributed by atoms with Gasteiger partial charge in [-0.25, -0.2) is 14.6 Å². The summed E-state index contributed by atoms with van der Waals surface area (Å²) in [4.78, 5) is 26.2. The minimum atomic E-state index is -1.15. The van der Waals surface area contributed by atoms with Gasteiger partial charge in [0.15, 0.2) is 0 Å². The van der Waals surface area contributed by atoms with Gasteiger partial charge in [0, 0.05) is 6.42 Å². The summed E-state index contributed by atoms with van der Waals surface area (Å²) >= 11 is 0. The molecule has 8 heteroatoms. The van der Waals surface area contributed by atoms with E-state index in [-0.39, 0.29) is 18.8 Å². The van der Waals surface area contributed by atoms with E-state index in [1.54, 1.807) is 6.20 Å². The maximum Gasteiger partial charge on any atom is 0.371 e. The van der Waals surface area contributed by atoms with E-state index >= 15 is 0 Å². The second-order valence-corrected chi connectivity index (χ2v) is 4.18. The van der Waals surface area contributed by atoms with Crippen LogP contribution in [0.3, 0.4) is 0 Å². The first kappa shape index (κ1) is 14.6. The maximum atomic E-state index is 11.6. The second-order valence-electron chi connectivity index (χ2n) is 4.18. The van der Waals surface area contributed by atoms with Crippen LogP contribution in [0, 0.1) is 0 Å². The fourth-order valence-electron chi connectivity index (χ4n) is 1.57. The molecule has 0 radical (unpaired) electrons. The highest BCUT2D eigenvalue weighted by Crippen LogP contribution is 2.07. The summed E-state index contributed by atoms with van der Waals surface area (Å²) < 4.78 is 10.3. The molecule has 2 amide bonds. The van der Waals surface area contributed by atoms with Crippen molar-refractivity contribution in [1.82, 2.24) is 15.6 Å². The van der Waals surface area contributed by atoms with E-state index in [2.05, 4.69) is 15.6 Å². The van der Waals surface area contributed by atoms with Crippen LogP contribution in [0.15, 0.2) is 27.2 Å². The van der Waals surface area contributed by atoms with Crippen LogP contribution in [0.2, 0.25) is 0 Å². The number of carbonyl (C=O) groups excluding carboxylic acids is 1. The number of nitrogens with one attached hydrogen (secondary N) is 2. The molecule has 2 heterocycles. The first-order chi connectivity index (χ1) is 10.1. The lowest BCUT2D eigenvalue weighted by molar-refractivity contribution is 0.0660. The van der Waals surface area contributed by atoms with Gasteiger partial charge in [0.2, 0.25) is 11.7 Å². The molecule has 0 aliphatic carbocycles. The number of rotatable bonds is 6. The van der Waals surface area contributed by atoms with E-state index in [1.165, 1.54) is 12.1 Å². The fourth-order valence-corrected chi connectivity index (χ4v) is 1.57. The van der Waals surface area contributed by atoms with Gasteiger partial charge in [0.05, 0.1) is 19.3 Å². The Balaban J connectivity index is 1.75. The molecule has 2 aromatic rings.